The summed E-state index contributed by atoms with van der Waals surface area (Å²) in [7, 11) is 0. The zero-order chi connectivity index (χ0) is 17.6. The van der Waals surface area contributed by atoms with E-state index in [0.29, 0.717) is 12.2 Å². The lowest BCUT2D eigenvalue weighted by atomic mass is 9.86. The zero-order valence-electron chi connectivity index (χ0n) is 14.9. The molecule has 4 rings (SSSR count). The van der Waals surface area contributed by atoms with Crippen molar-refractivity contribution in [2.24, 2.45) is 0 Å². The zero-order valence-corrected chi connectivity index (χ0v) is 14.9. The van der Waals surface area contributed by atoms with E-state index in [9.17, 15) is 4.79 Å². The summed E-state index contributed by atoms with van der Waals surface area (Å²) < 4.78 is 1.88. The molecule has 130 valence electrons. The molecule has 0 unspecified atom stereocenters. The Kier molecular flexibility index (Phi) is 3.63. The van der Waals surface area contributed by atoms with Gasteiger partial charge in [0.15, 0.2) is 0 Å². The van der Waals surface area contributed by atoms with Crippen LogP contribution in [0.2, 0.25) is 0 Å². The number of aromatic amines is 1. The lowest BCUT2D eigenvalue weighted by Gasteiger charge is -2.18. The van der Waals surface area contributed by atoms with Gasteiger partial charge in [-0.05, 0) is 35.6 Å². The highest BCUT2D eigenvalue weighted by atomic mass is 16.2. The van der Waals surface area contributed by atoms with Gasteiger partial charge in [0.2, 0.25) is 0 Å². The van der Waals surface area contributed by atoms with Gasteiger partial charge in [0.05, 0.1) is 18.4 Å². The third kappa shape index (κ3) is 2.92. The van der Waals surface area contributed by atoms with Crippen LogP contribution in [0.3, 0.4) is 0 Å². The minimum atomic E-state index is 0.0307. The molecule has 0 saturated carbocycles. The first-order valence-electron chi connectivity index (χ1n) is 8.72. The number of carbonyl (C=O) groups excluding carboxylic acids is 1. The highest BCUT2D eigenvalue weighted by Crippen LogP contribution is 2.27. The van der Waals surface area contributed by atoms with E-state index in [2.05, 4.69) is 54.3 Å². The van der Waals surface area contributed by atoms with Crippen LogP contribution in [0.15, 0.2) is 30.5 Å². The van der Waals surface area contributed by atoms with Crippen LogP contribution in [0.4, 0.5) is 0 Å². The predicted octanol–water partition coefficient (Wildman–Crippen LogP) is 3.10. The number of hydrogen-bond donors (Lipinski definition) is 1. The molecule has 0 aliphatic carbocycles. The van der Waals surface area contributed by atoms with Crippen molar-refractivity contribution in [2.45, 2.75) is 45.7 Å². The van der Waals surface area contributed by atoms with E-state index < -0.39 is 0 Å². The van der Waals surface area contributed by atoms with Gasteiger partial charge in [-0.3, -0.25) is 4.79 Å². The number of aromatic nitrogens is 4. The van der Waals surface area contributed by atoms with E-state index in [-0.39, 0.29) is 11.3 Å². The third-order valence-corrected chi connectivity index (χ3v) is 4.85. The summed E-state index contributed by atoms with van der Waals surface area (Å²) >= 11 is 0. The number of benzene rings is 1. The van der Waals surface area contributed by atoms with Gasteiger partial charge in [0, 0.05) is 24.0 Å². The Morgan fingerprint density at radius 3 is 2.84 bits per heavy atom. The summed E-state index contributed by atoms with van der Waals surface area (Å²) in [6.07, 6.45) is 2.63. The second-order valence-electron chi connectivity index (χ2n) is 7.76. The lowest BCUT2D eigenvalue weighted by Crippen LogP contribution is -2.30. The summed E-state index contributed by atoms with van der Waals surface area (Å²) in [5, 5.41) is 9.10. The lowest BCUT2D eigenvalue weighted by molar-refractivity contribution is 0.0740. The van der Waals surface area contributed by atoms with Crippen molar-refractivity contribution in [1.29, 1.82) is 0 Å². The Morgan fingerprint density at radius 2 is 2.04 bits per heavy atom. The Hall–Kier alpha value is -2.63. The SMILES string of the molecule is CC(C)(C)c1ccc2[nH]c(C(=O)N3CCCn4nncc4C3)cc2c1. The number of nitrogens with one attached hydrogen (secondary N) is 1. The smallest absolute Gasteiger partial charge is 0.270 e. The van der Waals surface area contributed by atoms with Gasteiger partial charge in [-0.15, -0.1) is 5.10 Å². The minimum absolute atomic E-state index is 0.0307. The standard InChI is InChI=1S/C19H23N5O/c1-19(2,3)14-5-6-16-13(9-14)10-17(21-16)18(25)23-7-4-8-24-15(12-23)11-20-22-24/h5-6,9-11,21H,4,7-8,12H2,1-3H3. The number of nitrogens with zero attached hydrogens (tertiary/aromatic N) is 4. The number of rotatable bonds is 1. The Balaban J connectivity index is 1.64. The second-order valence-corrected chi connectivity index (χ2v) is 7.76. The van der Waals surface area contributed by atoms with Gasteiger partial charge in [-0.1, -0.05) is 32.1 Å². The van der Waals surface area contributed by atoms with Gasteiger partial charge in [0.1, 0.15) is 5.69 Å². The molecule has 25 heavy (non-hydrogen) atoms. The highest BCUT2D eigenvalue weighted by molar-refractivity contribution is 5.98. The van der Waals surface area contributed by atoms with Crippen LogP contribution in [0.25, 0.3) is 10.9 Å². The number of aryl methyl sites for hydroxylation is 1. The monoisotopic (exact) mass is 337 g/mol. The highest BCUT2D eigenvalue weighted by Gasteiger charge is 2.23. The van der Waals surface area contributed by atoms with Crippen LogP contribution in [0, 0.1) is 0 Å². The summed E-state index contributed by atoms with van der Waals surface area (Å²) in [6.45, 7) is 8.67. The maximum Gasteiger partial charge on any atom is 0.270 e. The molecular weight excluding hydrogens is 314 g/mol. The molecule has 0 spiro atoms. The molecular formula is C19H23N5O. The van der Waals surface area contributed by atoms with E-state index in [4.69, 9.17) is 0 Å². The molecule has 0 bridgehead atoms. The first-order valence-corrected chi connectivity index (χ1v) is 8.72. The second kappa shape index (κ2) is 5.72. The number of amides is 1. The van der Waals surface area contributed by atoms with E-state index in [1.54, 1.807) is 6.20 Å². The molecule has 2 aromatic heterocycles. The summed E-state index contributed by atoms with van der Waals surface area (Å²) in [5.74, 6) is 0.0307. The van der Waals surface area contributed by atoms with Crippen LogP contribution in [0.1, 0.15) is 48.9 Å². The molecule has 1 aromatic carbocycles. The summed E-state index contributed by atoms with van der Waals surface area (Å²) in [4.78, 5) is 18.1. The average Bonchev–Trinajstić information content (AvgIpc) is 3.14. The fourth-order valence-corrected chi connectivity index (χ4v) is 3.33. The van der Waals surface area contributed by atoms with Crippen molar-refractivity contribution in [3.8, 4) is 0 Å². The van der Waals surface area contributed by atoms with Gasteiger partial charge in [-0.25, -0.2) is 4.68 Å². The quantitative estimate of drug-likeness (QED) is 0.742. The molecule has 0 saturated heterocycles. The molecule has 6 nitrogen and oxygen atoms in total. The van der Waals surface area contributed by atoms with E-state index >= 15 is 0 Å². The van der Waals surface area contributed by atoms with E-state index in [0.717, 1.165) is 36.1 Å². The molecule has 1 aliphatic rings. The third-order valence-electron chi connectivity index (χ3n) is 4.85. The number of fused-ring (bicyclic) bond motifs is 2. The fourth-order valence-electron chi connectivity index (χ4n) is 3.33. The molecule has 3 heterocycles. The van der Waals surface area contributed by atoms with Crippen molar-refractivity contribution in [3.63, 3.8) is 0 Å². The van der Waals surface area contributed by atoms with Crippen LogP contribution in [0.5, 0.6) is 0 Å². The molecule has 0 atom stereocenters. The van der Waals surface area contributed by atoms with E-state index in [1.165, 1.54) is 5.56 Å². The first-order chi connectivity index (χ1) is 11.9. The van der Waals surface area contributed by atoms with Gasteiger partial charge < -0.3 is 9.88 Å². The van der Waals surface area contributed by atoms with Crippen molar-refractivity contribution in [2.75, 3.05) is 6.54 Å². The van der Waals surface area contributed by atoms with Gasteiger partial charge in [0.25, 0.3) is 5.91 Å². The molecule has 6 heteroatoms. The number of H-pyrrole nitrogens is 1. The summed E-state index contributed by atoms with van der Waals surface area (Å²) in [5.41, 5.74) is 3.98. The predicted molar refractivity (Wildman–Crippen MR) is 96.4 cm³/mol. The largest absolute Gasteiger partial charge is 0.351 e. The fraction of sp³-hybridized carbons (Fsp3) is 0.421. The maximum absolute atomic E-state index is 13.0. The van der Waals surface area contributed by atoms with Crippen LogP contribution >= 0.6 is 0 Å². The number of carbonyl (C=O) groups is 1. The van der Waals surface area contributed by atoms with Gasteiger partial charge >= 0.3 is 0 Å². The van der Waals surface area contributed by atoms with Gasteiger partial charge in [-0.2, -0.15) is 0 Å². The van der Waals surface area contributed by atoms with E-state index in [1.807, 2.05) is 15.6 Å². The Labute approximate surface area is 146 Å². The first kappa shape index (κ1) is 15.9. The topological polar surface area (TPSA) is 66.8 Å². The minimum Gasteiger partial charge on any atom is -0.351 e. The molecule has 1 amide bonds. The Morgan fingerprint density at radius 1 is 1.20 bits per heavy atom. The van der Waals surface area contributed by atoms with Crippen molar-refractivity contribution >= 4 is 16.8 Å². The van der Waals surface area contributed by atoms with Crippen molar-refractivity contribution < 1.29 is 4.79 Å². The molecule has 0 fully saturated rings. The Bertz CT molecular complexity index is 931. The van der Waals surface area contributed by atoms with Crippen LogP contribution in [-0.4, -0.2) is 37.3 Å². The van der Waals surface area contributed by atoms with Crippen LogP contribution in [-0.2, 0) is 18.5 Å². The summed E-state index contributed by atoms with van der Waals surface area (Å²) in [6, 6.07) is 8.33. The molecule has 0 radical (unpaired) electrons. The average molecular weight is 337 g/mol. The normalized spacial score (nSPS) is 15.2. The van der Waals surface area contributed by atoms with Crippen LogP contribution < -0.4 is 0 Å². The molecule has 1 aliphatic heterocycles. The molecule has 1 N–H and O–H groups in total. The van der Waals surface area contributed by atoms with Crippen molar-refractivity contribution in [1.82, 2.24) is 24.9 Å². The number of hydrogen-bond acceptors (Lipinski definition) is 3. The molecule has 3 aromatic rings. The maximum atomic E-state index is 13.0. The van der Waals surface area contributed by atoms with Crippen molar-refractivity contribution in [3.05, 3.63) is 47.4 Å².